The standard InChI is InChI=1S/C29H52/c1-7-22(20(2)3)12-11-21(4)25-15-16-26-24-14-13-23-10-8-9-18-28(23,5)27(24)17-19-29(25,26)6/h20-27H,7-19H2,1-6H3/t21?,22?,23?,24?,25-,26?,27?,28?,29?/m1/s1. The van der Waals surface area contributed by atoms with Crippen LogP contribution < -0.4 is 0 Å². The van der Waals surface area contributed by atoms with Crippen LogP contribution >= 0.6 is 0 Å². The lowest BCUT2D eigenvalue weighted by Gasteiger charge is -2.61. The van der Waals surface area contributed by atoms with Crippen molar-refractivity contribution in [3.05, 3.63) is 0 Å². The minimum absolute atomic E-state index is 0.665. The molecule has 0 nitrogen and oxygen atoms in total. The average molecular weight is 401 g/mol. The maximum atomic E-state index is 2.76. The molecule has 168 valence electrons. The molecular formula is C29H52. The predicted octanol–water partition coefficient (Wildman–Crippen LogP) is 9.13. The number of fused-ring (bicyclic) bond motifs is 5. The Morgan fingerprint density at radius 3 is 2.24 bits per heavy atom. The summed E-state index contributed by atoms with van der Waals surface area (Å²) < 4.78 is 0. The van der Waals surface area contributed by atoms with Gasteiger partial charge in [-0.25, -0.2) is 0 Å². The van der Waals surface area contributed by atoms with E-state index >= 15 is 0 Å². The van der Waals surface area contributed by atoms with E-state index in [-0.39, 0.29) is 0 Å². The molecule has 0 aromatic carbocycles. The zero-order valence-electron chi connectivity index (χ0n) is 20.8. The van der Waals surface area contributed by atoms with Crippen molar-refractivity contribution in [1.29, 1.82) is 0 Å². The Labute approximate surface area is 183 Å². The molecule has 0 radical (unpaired) electrons. The molecule has 0 saturated heterocycles. The molecule has 9 atom stereocenters. The van der Waals surface area contributed by atoms with Gasteiger partial charge in [-0.2, -0.15) is 0 Å². The van der Waals surface area contributed by atoms with E-state index in [9.17, 15) is 0 Å². The summed E-state index contributed by atoms with van der Waals surface area (Å²) in [7, 11) is 0. The molecule has 0 N–H and O–H groups in total. The predicted molar refractivity (Wildman–Crippen MR) is 127 cm³/mol. The smallest absolute Gasteiger partial charge is 0.0264 e. The topological polar surface area (TPSA) is 0 Å². The fourth-order valence-corrected chi connectivity index (χ4v) is 9.96. The minimum atomic E-state index is 0.665. The van der Waals surface area contributed by atoms with Gasteiger partial charge in [-0.05, 0) is 116 Å². The van der Waals surface area contributed by atoms with E-state index in [0.717, 1.165) is 47.3 Å². The Hall–Kier alpha value is 0. The summed E-state index contributed by atoms with van der Waals surface area (Å²) in [6, 6.07) is 0. The lowest BCUT2D eigenvalue weighted by atomic mass is 9.44. The van der Waals surface area contributed by atoms with Crippen LogP contribution in [0.15, 0.2) is 0 Å². The second-order valence-electron chi connectivity index (χ2n) is 13.1. The van der Waals surface area contributed by atoms with Crippen LogP contribution in [0.3, 0.4) is 0 Å². The first-order chi connectivity index (χ1) is 13.8. The van der Waals surface area contributed by atoms with Crippen LogP contribution in [0.2, 0.25) is 0 Å². The van der Waals surface area contributed by atoms with Crippen LogP contribution in [0.5, 0.6) is 0 Å². The summed E-state index contributed by atoms with van der Waals surface area (Å²) in [5.74, 6) is 8.02. The van der Waals surface area contributed by atoms with E-state index in [1.54, 1.807) is 51.4 Å². The summed E-state index contributed by atoms with van der Waals surface area (Å²) >= 11 is 0. The van der Waals surface area contributed by atoms with E-state index in [1.807, 2.05) is 0 Å². The van der Waals surface area contributed by atoms with Gasteiger partial charge in [0.2, 0.25) is 0 Å². The summed E-state index contributed by atoms with van der Waals surface area (Å²) in [4.78, 5) is 0. The van der Waals surface area contributed by atoms with Crippen LogP contribution in [-0.4, -0.2) is 0 Å². The summed E-state index contributed by atoms with van der Waals surface area (Å²) in [6.07, 6.45) is 19.8. The van der Waals surface area contributed by atoms with Gasteiger partial charge >= 0.3 is 0 Å². The van der Waals surface area contributed by atoms with Crippen LogP contribution in [0.4, 0.5) is 0 Å². The van der Waals surface area contributed by atoms with Gasteiger partial charge in [-0.1, -0.05) is 67.2 Å². The molecule has 29 heavy (non-hydrogen) atoms. The summed E-state index contributed by atoms with van der Waals surface area (Å²) in [5.41, 5.74) is 1.37. The zero-order chi connectivity index (χ0) is 20.8. The van der Waals surface area contributed by atoms with Gasteiger partial charge in [-0.15, -0.1) is 0 Å². The second kappa shape index (κ2) is 8.50. The van der Waals surface area contributed by atoms with E-state index < -0.39 is 0 Å². The normalized spacial score (nSPS) is 46.7. The van der Waals surface area contributed by atoms with E-state index in [2.05, 4.69) is 41.5 Å². The molecule has 4 aliphatic rings. The highest BCUT2D eigenvalue weighted by atomic mass is 14.6. The maximum Gasteiger partial charge on any atom is -0.0264 e. The molecule has 0 heterocycles. The highest BCUT2D eigenvalue weighted by Crippen LogP contribution is 2.68. The lowest BCUT2D eigenvalue weighted by molar-refractivity contribution is -0.114. The van der Waals surface area contributed by atoms with Gasteiger partial charge in [0.1, 0.15) is 0 Å². The molecule has 0 aliphatic heterocycles. The quantitative estimate of drug-likeness (QED) is 0.417. The molecule has 0 bridgehead atoms. The monoisotopic (exact) mass is 400 g/mol. The Bertz CT molecular complexity index is 548. The van der Waals surface area contributed by atoms with Gasteiger partial charge in [0.25, 0.3) is 0 Å². The van der Waals surface area contributed by atoms with Crippen molar-refractivity contribution in [1.82, 2.24) is 0 Å². The third kappa shape index (κ3) is 3.75. The first-order valence-electron chi connectivity index (χ1n) is 13.8. The average Bonchev–Trinajstić information content (AvgIpc) is 3.05. The third-order valence-corrected chi connectivity index (χ3v) is 11.8. The van der Waals surface area contributed by atoms with E-state index in [1.165, 1.54) is 32.1 Å². The van der Waals surface area contributed by atoms with Gasteiger partial charge in [0.05, 0.1) is 0 Å². The molecule has 0 heteroatoms. The Morgan fingerprint density at radius 2 is 1.52 bits per heavy atom. The van der Waals surface area contributed by atoms with Crippen LogP contribution in [-0.2, 0) is 0 Å². The summed E-state index contributed by atoms with van der Waals surface area (Å²) in [6.45, 7) is 15.4. The van der Waals surface area contributed by atoms with Gasteiger partial charge in [0.15, 0.2) is 0 Å². The Balaban J connectivity index is 1.45. The molecule has 0 spiro atoms. The largest absolute Gasteiger partial charge is 0.0651 e. The highest BCUT2D eigenvalue weighted by molar-refractivity contribution is 5.09. The van der Waals surface area contributed by atoms with Crippen LogP contribution in [0.1, 0.15) is 125 Å². The molecule has 4 saturated carbocycles. The molecule has 4 fully saturated rings. The van der Waals surface area contributed by atoms with Crippen molar-refractivity contribution in [3.8, 4) is 0 Å². The van der Waals surface area contributed by atoms with Crippen molar-refractivity contribution < 1.29 is 0 Å². The second-order valence-corrected chi connectivity index (χ2v) is 13.1. The molecule has 0 aromatic rings. The molecule has 8 unspecified atom stereocenters. The van der Waals surface area contributed by atoms with E-state index in [0.29, 0.717) is 10.8 Å². The third-order valence-electron chi connectivity index (χ3n) is 11.8. The van der Waals surface area contributed by atoms with Crippen LogP contribution in [0.25, 0.3) is 0 Å². The van der Waals surface area contributed by atoms with Crippen molar-refractivity contribution in [2.75, 3.05) is 0 Å². The fourth-order valence-electron chi connectivity index (χ4n) is 9.96. The molecular weight excluding hydrogens is 348 g/mol. The Kier molecular flexibility index (Phi) is 6.51. The molecule has 0 aromatic heterocycles. The molecule has 4 aliphatic carbocycles. The van der Waals surface area contributed by atoms with Crippen molar-refractivity contribution in [2.24, 2.45) is 58.2 Å². The minimum Gasteiger partial charge on any atom is -0.0651 e. The first-order valence-corrected chi connectivity index (χ1v) is 13.8. The van der Waals surface area contributed by atoms with Crippen molar-refractivity contribution in [3.63, 3.8) is 0 Å². The number of hydrogen-bond acceptors (Lipinski definition) is 0. The fraction of sp³-hybridized carbons (Fsp3) is 1.00. The lowest BCUT2D eigenvalue weighted by Crippen LogP contribution is -2.53. The van der Waals surface area contributed by atoms with Crippen LogP contribution in [0, 0.1) is 58.2 Å². The highest BCUT2D eigenvalue weighted by Gasteiger charge is 2.60. The Morgan fingerprint density at radius 1 is 0.759 bits per heavy atom. The van der Waals surface area contributed by atoms with Crippen molar-refractivity contribution in [2.45, 2.75) is 125 Å². The van der Waals surface area contributed by atoms with E-state index in [4.69, 9.17) is 0 Å². The number of rotatable bonds is 6. The van der Waals surface area contributed by atoms with Crippen molar-refractivity contribution >= 4 is 0 Å². The number of hydrogen-bond donors (Lipinski definition) is 0. The zero-order valence-corrected chi connectivity index (χ0v) is 20.8. The maximum absolute atomic E-state index is 2.76. The van der Waals surface area contributed by atoms with Gasteiger partial charge in [-0.3, -0.25) is 0 Å². The van der Waals surface area contributed by atoms with Gasteiger partial charge in [0, 0.05) is 0 Å². The first kappa shape index (κ1) is 22.2. The van der Waals surface area contributed by atoms with Gasteiger partial charge < -0.3 is 0 Å². The molecule has 0 amide bonds. The molecule has 4 rings (SSSR count). The SMILES string of the molecule is CCC(CCC(C)[C@H]1CCC2C3CCC4CCCCC4(C)C3CCC21C)C(C)C. The summed E-state index contributed by atoms with van der Waals surface area (Å²) in [5, 5.41) is 0.